The average molecular weight is 632 g/mol. The van der Waals surface area contributed by atoms with Crippen LogP contribution in [-0.2, 0) is 0 Å². The van der Waals surface area contributed by atoms with Crippen molar-refractivity contribution >= 4 is 64.2 Å². The Morgan fingerprint density at radius 3 is 1.85 bits per heavy atom. The van der Waals surface area contributed by atoms with E-state index in [0.29, 0.717) is 17.5 Å². The highest BCUT2D eigenvalue weighted by atomic mass is 32.1. The highest BCUT2D eigenvalue weighted by Gasteiger charge is 2.16. The van der Waals surface area contributed by atoms with Crippen molar-refractivity contribution in [2.24, 2.45) is 0 Å². The normalized spacial score (nSPS) is 11.8. The zero-order chi connectivity index (χ0) is 31.6. The molecule has 0 unspecified atom stereocenters. The van der Waals surface area contributed by atoms with Gasteiger partial charge in [-0.05, 0) is 52.2 Å². The minimum Gasteiger partial charge on any atom is -0.456 e. The van der Waals surface area contributed by atoms with Crippen molar-refractivity contribution in [3.05, 3.63) is 152 Å². The van der Waals surface area contributed by atoms with Crippen molar-refractivity contribution in [1.29, 1.82) is 0 Å². The van der Waals surface area contributed by atoms with Gasteiger partial charge in [0.05, 0.1) is 0 Å². The summed E-state index contributed by atoms with van der Waals surface area (Å²) in [6.07, 6.45) is 0. The molecule has 3 aromatic heterocycles. The van der Waals surface area contributed by atoms with E-state index in [1.54, 1.807) is 0 Å². The summed E-state index contributed by atoms with van der Waals surface area (Å²) in [4.78, 5) is 14.9. The van der Waals surface area contributed by atoms with Crippen LogP contribution in [0.3, 0.4) is 0 Å². The van der Waals surface area contributed by atoms with E-state index >= 15 is 0 Å². The first kappa shape index (κ1) is 27.0. The van der Waals surface area contributed by atoms with Gasteiger partial charge in [0.15, 0.2) is 17.5 Å². The van der Waals surface area contributed by atoms with Crippen molar-refractivity contribution in [3.8, 4) is 45.3 Å². The molecule has 0 aliphatic heterocycles. The van der Waals surface area contributed by atoms with E-state index in [0.717, 1.165) is 44.2 Å². The minimum atomic E-state index is 0.603. The topological polar surface area (TPSA) is 51.8 Å². The van der Waals surface area contributed by atoms with Gasteiger partial charge in [0, 0.05) is 47.6 Å². The van der Waals surface area contributed by atoms with Crippen molar-refractivity contribution in [2.75, 3.05) is 0 Å². The Kier molecular flexibility index (Phi) is 6.01. The van der Waals surface area contributed by atoms with Crippen LogP contribution in [0.4, 0.5) is 0 Å². The van der Waals surface area contributed by atoms with Crippen LogP contribution >= 0.6 is 11.3 Å². The molecule has 5 heteroatoms. The molecule has 48 heavy (non-hydrogen) atoms. The number of benzene rings is 7. The molecule has 0 fully saturated rings. The molecule has 10 aromatic rings. The molecule has 0 aliphatic rings. The van der Waals surface area contributed by atoms with Gasteiger partial charge >= 0.3 is 0 Å². The third-order valence-electron chi connectivity index (χ3n) is 9.15. The Labute approximate surface area is 279 Å². The average Bonchev–Trinajstić information content (AvgIpc) is 3.73. The second-order valence-corrected chi connectivity index (χ2v) is 13.1. The van der Waals surface area contributed by atoms with E-state index in [-0.39, 0.29) is 0 Å². The number of nitrogens with zero attached hydrogens (tertiary/aromatic N) is 3. The van der Waals surface area contributed by atoms with Crippen molar-refractivity contribution in [2.45, 2.75) is 0 Å². The molecule has 224 valence electrons. The Bertz CT molecular complexity index is 2830. The number of hydrogen-bond donors (Lipinski definition) is 0. The van der Waals surface area contributed by atoms with Gasteiger partial charge in [-0.2, -0.15) is 0 Å². The number of aromatic nitrogens is 3. The summed E-state index contributed by atoms with van der Waals surface area (Å²) in [5.41, 5.74) is 6.80. The predicted molar refractivity (Wildman–Crippen MR) is 199 cm³/mol. The first-order chi connectivity index (χ1) is 23.8. The van der Waals surface area contributed by atoms with Crippen LogP contribution in [0.1, 0.15) is 0 Å². The number of fused-ring (bicyclic) bond motifs is 8. The Morgan fingerprint density at radius 1 is 0.396 bits per heavy atom. The smallest absolute Gasteiger partial charge is 0.164 e. The SMILES string of the molecule is c1ccc(-c2nc(-c3ccc(-c4cccc5sc6ccc7ccccc7c6c45)cc3)nc(-c3ccc4c(c3)oc3ccccc34)n2)cc1. The third-order valence-corrected chi connectivity index (χ3v) is 10.3. The molecule has 7 aromatic carbocycles. The van der Waals surface area contributed by atoms with E-state index in [9.17, 15) is 0 Å². The molecule has 0 aliphatic carbocycles. The molecular weight excluding hydrogens is 607 g/mol. The van der Waals surface area contributed by atoms with E-state index in [1.807, 2.05) is 65.9 Å². The molecule has 0 atom stereocenters. The van der Waals surface area contributed by atoms with Crippen molar-refractivity contribution in [3.63, 3.8) is 0 Å². The van der Waals surface area contributed by atoms with Gasteiger partial charge in [0.2, 0.25) is 0 Å². The Balaban J connectivity index is 1.11. The summed E-state index contributed by atoms with van der Waals surface area (Å²) >= 11 is 1.85. The van der Waals surface area contributed by atoms with Gasteiger partial charge in [-0.1, -0.05) is 121 Å². The summed E-state index contributed by atoms with van der Waals surface area (Å²) in [5.74, 6) is 1.86. The predicted octanol–water partition coefficient (Wildman–Crippen LogP) is 12.0. The van der Waals surface area contributed by atoms with Gasteiger partial charge in [-0.25, -0.2) is 15.0 Å². The first-order valence-corrected chi connectivity index (χ1v) is 16.8. The third kappa shape index (κ3) is 4.33. The molecule has 0 saturated carbocycles. The fourth-order valence-corrected chi connectivity index (χ4v) is 7.99. The monoisotopic (exact) mass is 631 g/mol. The van der Waals surface area contributed by atoms with Crippen LogP contribution in [0.15, 0.2) is 156 Å². The molecule has 0 radical (unpaired) electrons. The largest absolute Gasteiger partial charge is 0.456 e. The molecule has 0 saturated heterocycles. The number of thiophene rings is 1. The first-order valence-electron chi connectivity index (χ1n) is 15.9. The van der Waals surface area contributed by atoms with Gasteiger partial charge in [0.25, 0.3) is 0 Å². The highest BCUT2D eigenvalue weighted by Crippen LogP contribution is 2.43. The number of hydrogen-bond acceptors (Lipinski definition) is 5. The zero-order valence-corrected chi connectivity index (χ0v) is 26.4. The molecule has 3 heterocycles. The molecule has 0 N–H and O–H groups in total. The van der Waals surface area contributed by atoms with Crippen LogP contribution in [0, 0.1) is 0 Å². The Morgan fingerprint density at radius 2 is 1.02 bits per heavy atom. The lowest BCUT2D eigenvalue weighted by molar-refractivity contribution is 0.669. The van der Waals surface area contributed by atoms with E-state index in [1.165, 1.54) is 36.5 Å². The Hall–Kier alpha value is -6.17. The van der Waals surface area contributed by atoms with Crippen LogP contribution in [0.5, 0.6) is 0 Å². The molecule has 10 rings (SSSR count). The van der Waals surface area contributed by atoms with Crippen LogP contribution in [-0.4, -0.2) is 15.0 Å². The van der Waals surface area contributed by atoms with Crippen molar-refractivity contribution < 1.29 is 4.42 Å². The van der Waals surface area contributed by atoms with E-state index < -0.39 is 0 Å². The molecule has 0 bridgehead atoms. The van der Waals surface area contributed by atoms with Crippen LogP contribution in [0.25, 0.3) is 98.2 Å². The number of furan rings is 1. The molecule has 4 nitrogen and oxygen atoms in total. The van der Waals surface area contributed by atoms with Crippen LogP contribution in [0.2, 0.25) is 0 Å². The molecular formula is C43H25N3OS. The highest BCUT2D eigenvalue weighted by molar-refractivity contribution is 7.26. The summed E-state index contributed by atoms with van der Waals surface area (Å²) in [6.45, 7) is 0. The van der Waals surface area contributed by atoms with Gasteiger partial charge in [-0.15, -0.1) is 11.3 Å². The van der Waals surface area contributed by atoms with E-state index in [2.05, 4.69) is 97.1 Å². The maximum absolute atomic E-state index is 6.20. The lowest BCUT2D eigenvalue weighted by Gasteiger charge is -2.10. The van der Waals surface area contributed by atoms with E-state index in [4.69, 9.17) is 19.4 Å². The van der Waals surface area contributed by atoms with Gasteiger partial charge in [-0.3, -0.25) is 0 Å². The quantitative estimate of drug-likeness (QED) is 0.194. The maximum Gasteiger partial charge on any atom is 0.164 e. The maximum atomic E-state index is 6.20. The van der Waals surface area contributed by atoms with Crippen LogP contribution < -0.4 is 0 Å². The second-order valence-electron chi connectivity index (χ2n) is 12.0. The summed E-state index contributed by atoms with van der Waals surface area (Å²) in [6, 6.07) is 52.7. The lowest BCUT2D eigenvalue weighted by atomic mass is 9.96. The molecule has 0 amide bonds. The number of para-hydroxylation sites is 1. The summed E-state index contributed by atoms with van der Waals surface area (Å²) in [5, 5.41) is 7.34. The van der Waals surface area contributed by atoms with Gasteiger partial charge < -0.3 is 4.42 Å². The second kappa shape index (κ2) is 10.7. The fraction of sp³-hybridized carbons (Fsp3) is 0. The van der Waals surface area contributed by atoms with Crippen molar-refractivity contribution in [1.82, 2.24) is 15.0 Å². The molecule has 0 spiro atoms. The standard InChI is InChI=1S/C43H25N3OS/c1-2-10-28(11-3-1)41-44-42(46-43(45-41)30-21-23-34-33-13-6-7-15-35(33)47-36(34)25-30)29-19-17-27(18-20-29)32-14-8-16-37-39(32)40-31-12-5-4-9-26(31)22-24-38(40)48-37/h1-25H. The fourth-order valence-electron chi connectivity index (χ4n) is 6.84. The number of rotatable bonds is 4. The summed E-state index contributed by atoms with van der Waals surface area (Å²) < 4.78 is 8.80. The zero-order valence-electron chi connectivity index (χ0n) is 25.6. The summed E-state index contributed by atoms with van der Waals surface area (Å²) in [7, 11) is 0. The minimum absolute atomic E-state index is 0.603. The lowest BCUT2D eigenvalue weighted by Crippen LogP contribution is -2.00. The van der Waals surface area contributed by atoms with Gasteiger partial charge in [0.1, 0.15) is 11.2 Å².